The van der Waals surface area contributed by atoms with Crippen LogP contribution >= 0.6 is 11.6 Å². The Morgan fingerprint density at radius 1 is 0.952 bits per heavy atom. The van der Waals surface area contributed by atoms with Gasteiger partial charge in [-0.25, -0.2) is 0 Å². The summed E-state index contributed by atoms with van der Waals surface area (Å²) in [7, 11) is 4.34. The average molecular weight is 342 g/mol. The molecule has 2 atom stereocenters. The molecule has 2 unspecified atom stereocenters. The van der Waals surface area contributed by atoms with Gasteiger partial charge < -0.3 is 22.0 Å². The molecule has 4 heteroatoms. The Morgan fingerprint density at radius 3 is 2.00 bits per heavy atom. The van der Waals surface area contributed by atoms with Crippen LogP contribution in [0.15, 0.2) is 0 Å². The van der Waals surface area contributed by atoms with Crippen molar-refractivity contribution >= 4 is 11.6 Å². The third-order valence-corrected chi connectivity index (χ3v) is 4.36. The van der Waals surface area contributed by atoms with Gasteiger partial charge in [-0.2, -0.15) is 0 Å². The minimum Gasteiger partial charge on any atom is -1.00 e. The van der Waals surface area contributed by atoms with Crippen LogP contribution in [0.3, 0.4) is 0 Å². The van der Waals surface area contributed by atoms with Gasteiger partial charge in [0.2, 0.25) is 0 Å². The van der Waals surface area contributed by atoms with Gasteiger partial charge >= 0.3 is 0 Å². The van der Waals surface area contributed by atoms with E-state index in [-0.39, 0.29) is 18.5 Å². The highest BCUT2D eigenvalue weighted by Crippen LogP contribution is 2.16. The highest BCUT2D eigenvalue weighted by atomic mass is 35.5. The molecule has 0 aromatic rings. The van der Waals surface area contributed by atoms with Crippen LogP contribution in [0.1, 0.15) is 71.6 Å². The summed E-state index contributed by atoms with van der Waals surface area (Å²) in [6, 6.07) is 0. The standard InChI is InChI=1S/C17H37ClNO.ClH/c1-5-6-7-8-9-10-11-12-17(18)13-14-19(3,4)15-16(2)20;/h16-17,20H,5-15H2,1-4H3;1H/q+1;/p-1. The van der Waals surface area contributed by atoms with E-state index in [1.165, 1.54) is 44.9 Å². The van der Waals surface area contributed by atoms with Crippen molar-refractivity contribution in [1.29, 1.82) is 0 Å². The first-order valence-electron chi connectivity index (χ1n) is 8.51. The molecule has 0 saturated heterocycles. The van der Waals surface area contributed by atoms with Crippen molar-refractivity contribution in [2.24, 2.45) is 0 Å². The van der Waals surface area contributed by atoms with E-state index in [1.54, 1.807) is 0 Å². The molecule has 2 nitrogen and oxygen atoms in total. The van der Waals surface area contributed by atoms with E-state index < -0.39 is 0 Å². The van der Waals surface area contributed by atoms with E-state index in [0.29, 0.717) is 5.38 Å². The van der Waals surface area contributed by atoms with Crippen molar-refractivity contribution in [3.63, 3.8) is 0 Å². The quantitative estimate of drug-likeness (QED) is 0.306. The predicted molar refractivity (Wildman–Crippen MR) is 90.4 cm³/mol. The fourth-order valence-corrected chi connectivity index (χ4v) is 3.02. The first-order valence-corrected chi connectivity index (χ1v) is 8.95. The van der Waals surface area contributed by atoms with Gasteiger partial charge in [0, 0.05) is 11.8 Å². The lowest BCUT2D eigenvalue weighted by Gasteiger charge is -2.31. The number of aliphatic hydroxyl groups is 1. The molecule has 0 bridgehead atoms. The van der Waals surface area contributed by atoms with Gasteiger partial charge in [0.1, 0.15) is 12.6 Å². The molecule has 0 aliphatic heterocycles. The zero-order valence-corrected chi connectivity index (χ0v) is 16.1. The molecule has 1 N–H and O–H groups in total. The van der Waals surface area contributed by atoms with E-state index in [4.69, 9.17) is 11.6 Å². The Morgan fingerprint density at radius 2 is 1.48 bits per heavy atom. The SMILES string of the molecule is CCCCCCCCCC(Cl)CC[N+](C)(C)CC(C)O.[Cl-]. The van der Waals surface area contributed by atoms with Crippen molar-refractivity contribution in [3.05, 3.63) is 0 Å². The molecule has 0 aliphatic carbocycles. The molecule has 0 aromatic heterocycles. The molecule has 0 rings (SSSR count). The molecular weight excluding hydrogens is 305 g/mol. The maximum atomic E-state index is 9.47. The summed E-state index contributed by atoms with van der Waals surface area (Å²) in [6.07, 6.45) is 11.4. The number of nitrogens with zero attached hydrogens (tertiary/aromatic N) is 1. The molecule has 0 amide bonds. The summed E-state index contributed by atoms with van der Waals surface area (Å²) < 4.78 is 0.859. The summed E-state index contributed by atoms with van der Waals surface area (Å²) in [5.74, 6) is 0. The highest BCUT2D eigenvalue weighted by molar-refractivity contribution is 6.20. The van der Waals surface area contributed by atoms with Gasteiger partial charge in [-0.15, -0.1) is 11.6 Å². The smallest absolute Gasteiger partial charge is 0.104 e. The predicted octanol–water partition coefficient (Wildman–Crippen LogP) is 1.59. The lowest BCUT2D eigenvalue weighted by Crippen LogP contribution is -3.00. The van der Waals surface area contributed by atoms with Crippen LogP contribution in [-0.4, -0.2) is 48.3 Å². The topological polar surface area (TPSA) is 20.2 Å². The second-order valence-corrected chi connectivity index (χ2v) is 7.60. The third kappa shape index (κ3) is 16.7. The first kappa shape index (κ1) is 23.8. The Labute approximate surface area is 144 Å². The second-order valence-electron chi connectivity index (χ2n) is 6.99. The average Bonchev–Trinajstić information content (AvgIpc) is 2.34. The fourth-order valence-electron chi connectivity index (χ4n) is 2.76. The highest BCUT2D eigenvalue weighted by Gasteiger charge is 2.19. The van der Waals surface area contributed by atoms with Crippen LogP contribution in [0.25, 0.3) is 0 Å². The summed E-state index contributed by atoms with van der Waals surface area (Å²) in [4.78, 5) is 0. The molecule has 0 spiro atoms. The summed E-state index contributed by atoms with van der Waals surface area (Å²) in [5.41, 5.74) is 0. The Kier molecular flexibility index (Phi) is 16.0. The van der Waals surface area contributed by atoms with Crippen LogP contribution in [0.2, 0.25) is 0 Å². The first-order chi connectivity index (χ1) is 9.37. The van der Waals surface area contributed by atoms with Gasteiger partial charge in [-0.3, -0.25) is 0 Å². The number of quaternary nitrogens is 1. The molecule has 0 radical (unpaired) electrons. The lowest BCUT2D eigenvalue weighted by atomic mass is 10.1. The number of hydrogen-bond acceptors (Lipinski definition) is 1. The van der Waals surface area contributed by atoms with E-state index in [0.717, 1.165) is 30.4 Å². The van der Waals surface area contributed by atoms with E-state index in [2.05, 4.69) is 21.0 Å². The number of alkyl halides is 1. The molecule has 0 aliphatic rings. The molecule has 21 heavy (non-hydrogen) atoms. The van der Waals surface area contributed by atoms with Crippen LogP contribution in [0.5, 0.6) is 0 Å². The number of likely N-dealkylation sites (N-methyl/N-ethyl adjacent to an activating group) is 1. The summed E-state index contributed by atoms with van der Waals surface area (Å²) in [6.45, 7) is 5.98. The maximum absolute atomic E-state index is 9.47. The van der Waals surface area contributed by atoms with Crippen LogP contribution < -0.4 is 12.4 Å². The van der Waals surface area contributed by atoms with E-state index >= 15 is 0 Å². The zero-order valence-electron chi connectivity index (χ0n) is 14.6. The minimum absolute atomic E-state index is 0. The summed E-state index contributed by atoms with van der Waals surface area (Å²) in [5, 5.41) is 9.77. The number of aliphatic hydroxyl groups excluding tert-OH is 1. The Bertz CT molecular complexity index is 223. The van der Waals surface area contributed by atoms with Crippen LogP contribution in [0.4, 0.5) is 0 Å². The molecule has 0 saturated carbocycles. The molecular formula is C17H37Cl2NO. The second kappa shape index (κ2) is 14.1. The van der Waals surface area contributed by atoms with Crippen molar-refractivity contribution in [2.45, 2.75) is 83.1 Å². The Hall–Kier alpha value is 0.500. The third-order valence-electron chi connectivity index (χ3n) is 3.93. The van der Waals surface area contributed by atoms with Gasteiger partial charge in [0.25, 0.3) is 0 Å². The van der Waals surface area contributed by atoms with Crippen LogP contribution in [-0.2, 0) is 0 Å². The molecule has 0 aromatic carbocycles. The lowest BCUT2D eigenvalue weighted by molar-refractivity contribution is -0.893. The Balaban J connectivity index is 0. The summed E-state index contributed by atoms with van der Waals surface area (Å²) >= 11 is 6.41. The van der Waals surface area contributed by atoms with Crippen molar-refractivity contribution in [1.82, 2.24) is 0 Å². The fraction of sp³-hybridized carbons (Fsp3) is 1.00. The monoisotopic (exact) mass is 341 g/mol. The number of rotatable bonds is 13. The molecule has 130 valence electrons. The number of hydrogen-bond donors (Lipinski definition) is 1. The molecule has 0 heterocycles. The van der Waals surface area contributed by atoms with Crippen molar-refractivity contribution < 1.29 is 22.0 Å². The van der Waals surface area contributed by atoms with Crippen LogP contribution in [0, 0.1) is 0 Å². The zero-order chi connectivity index (χ0) is 15.4. The van der Waals surface area contributed by atoms with Gasteiger partial charge in [-0.1, -0.05) is 51.9 Å². The normalized spacial score (nSPS) is 14.6. The van der Waals surface area contributed by atoms with E-state index in [9.17, 15) is 5.11 Å². The van der Waals surface area contributed by atoms with E-state index in [1.807, 2.05) is 6.92 Å². The largest absolute Gasteiger partial charge is 1.00 e. The van der Waals surface area contributed by atoms with Gasteiger partial charge in [0.15, 0.2) is 0 Å². The van der Waals surface area contributed by atoms with Gasteiger partial charge in [0.05, 0.1) is 20.6 Å². The minimum atomic E-state index is -0.234. The van der Waals surface area contributed by atoms with Gasteiger partial charge in [-0.05, 0) is 13.3 Å². The van der Waals surface area contributed by atoms with Crippen molar-refractivity contribution in [3.8, 4) is 0 Å². The number of unbranched alkanes of at least 4 members (excludes halogenated alkanes) is 6. The van der Waals surface area contributed by atoms with Crippen molar-refractivity contribution in [2.75, 3.05) is 27.2 Å². The maximum Gasteiger partial charge on any atom is 0.104 e. The molecule has 0 fully saturated rings. The number of halogens is 2.